The topological polar surface area (TPSA) is 131 Å². The molecule has 11 heteroatoms. The summed E-state index contributed by atoms with van der Waals surface area (Å²) in [5, 5.41) is 14.7. The molecule has 1 fully saturated rings. The lowest BCUT2D eigenvalue weighted by atomic mass is 9.95. The van der Waals surface area contributed by atoms with Gasteiger partial charge in [0.15, 0.2) is 11.4 Å². The van der Waals surface area contributed by atoms with E-state index in [1.165, 1.54) is 22.0 Å². The largest absolute Gasteiger partial charge is 0.375 e. The van der Waals surface area contributed by atoms with Gasteiger partial charge >= 0.3 is 0 Å². The summed E-state index contributed by atoms with van der Waals surface area (Å²) >= 11 is 0. The summed E-state index contributed by atoms with van der Waals surface area (Å²) in [7, 11) is -1.91. The quantitative estimate of drug-likeness (QED) is 0.598. The molecule has 10 nitrogen and oxygen atoms in total. The van der Waals surface area contributed by atoms with Gasteiger partial charge in [-0.1, -0.05) is 6.07 Å². The molecule has 0 bridgehead atoms. The van der Waals surface area contributed by atoms with Crippen molar-refractivity contribution in [1.82, 2.24) is 29.6 Å². The average molecular weight is 414 g/mol. The minimum atomic E-state index is -3.55. The lowest BCUT2D eigenvalue weighted by Gasteiger charge is -2.18. The smallest absolute Gasteiger partial charge is 0.259 e. The molecule has 1 saturated heterocycles. The molecule has 1 atom stereocenters. The Kier molecular flexibility index (Phi) is 4.43. The first-order valence-corrected chi connectivity index (χ1v) is 10.6. The van der Waals surface area contributed by atoms with Crippen LogP contribution in [0.25, 0.3) is 17.2 Å². The van der Waals surface area contributed by atoms with Crippen molar-refractivity contribution in [3.63, 3.8) is 0 Å². The van der Waals surface area contributed by atoms with Gasteiger partial charge in [-0.05, 0) is 18.2 Å². The van der Waals surface area contributed by atoms with Gasteiger partial charge in [0.1, 0.15) is 0 Å². The van der Waals surface area contributed by atoms with Crippen LogP contribution in [0.4, 0.5) is 0 Å². The van der Waals surface area contributed by atoms with Gasteiger partial charge in [0.2, 0.25) is 15.0 Å². The molecule has 0 saturated carbocycles. The summed E-state index contributed by atoms with van der Waals surface area (Å²) in [6, 6.07) is 6.67. The summed E-state index contributed by atoms with van der Waals surface area (Å²) < 4.78 is 24.8. The SMILES string of the molecule is CN1CCC(O)(c2cnn(-c3cccc(-c4ccnc(S(C)(=O)=O)n4)n3)c2)C1=O. The third-order valence-electron chi connectivity index (χ3n) is 4.77. The van der Waals surface area contributed by atoms with Gasteiger partial charge in [0, 0.05) is 44.2 Å². The van der Waals surface area contributed by atoms with Gasteiger partial charge in [-0.2, -0.15) is 5.10 Å². The van der Waals surface area contributed by atoms with E-state index in [0.717, 1.165) is 6.26 Å². The van der Waals surface area contributed by atoms with E-state index >= 15 is 0 Å². The van der Waals surface area contributed by atoms with Crippen LogP contribution in [0, 0.1) is 0 Å². The molecular formula is C18H18N6O4S. The van der Waals surface area contributed by atoms with E-state index in [4.69, 9.17) is 0 Å². The number of pyridine rings is 1. The number of aromatic nitrogens is 5. The first-order chi connectivity index (χ1) is 13.7. The first kappa shape index (κ1) is 19.2. The minimum Gasteiger partial charge on any atom is -0.375 e. The van der Waals surface area contributed by atoms with Crippen molar-refractivity contribution >= 4 is 15.7 Å². The summed E-state index contributed by atoms with van der Waals surface area (Å²) in [4.78, 5) is 26.1. The van der Waals surface area contributed by atoms with Crippen LogP contribution in [0.2, 0.25) is 0 Å². The maximum absolute atomic E-state index is 12.3. The van der Waals surface area contributed by atoms with Gasteiger partial charge in [0.05, 0.1) is 17.6 Å². The number of sulfone groups is 1. The maximum Gasteiger partial charge on any atom is 0.259 e. The number of aliphatic hydroxyl groups is 1. The number of amides is 1. The Hall–Kier alpha value is -3.18. The fourth-order valence-electron chi connectivity index (χ4n) is 3.14. The summed E-state index contributed by atoms with van der Waals surface area (Å²) in [5.74, 6) is 0.0590. The van der Waals surface area contributed by atoms with Gasteiger partial charge in [-0.25, -0.2) is 28.1 Å². The van der Waals surface area contributed by atoms with Crippen molar-refractivity contribution in [3.05, 3.63) is 48.4 Å². The third-order valence-corrected chi connectivity index (χ3v) is 5.63. The molecule has 150 valence electrons. The second-order valence-corrected chi connectivity index (χ2v) is 8.80. The highest BCUT2D eigenvalue weighted by molar-refractivity contribution is 7.90. The van der Waals surface area contributed by atoms with Crippen LogP contribution in [-0.2, 0) is 20.2 Å². The lowest BCUT2D eigenvalue weighted by molar-refractivity contribution is -0.143. The van der Waals surface area contributed by atoms with E-state index in [9.17, 15) is 18.3 Å². The van der Waals surface area contributed by atoms with Crippen LogP contribution in [0.15, 0.2) is 48.0 Å². The molecular weight excluding hydrogens is 396 g/mol. The van der Waals surface area contributed by atoms with Crippen molar-refractivity contribution in [2.24, 2.45) is 0 Å². The summed E-state index contributed by atoms with van der Waals surface area (Å²) in [6.07, 6.45) is 5.68. The van der Waals surface area contributed by atoms with Crippen molar-refractivity contribution in [3.8, 4) is 17.2 Å². The van der Waals surface area contributed by atoms with Crippen LogP contribution in [0.5, 0.6) is 0 Å². The van der Waals surface area contributed by atoms with E-state index < -0.39 is 15.4 Å². The zero-order valence-corrected chi connectivity index (χ0v) is 16.5. The number of hydrogen-bond donors (Lipinski definition) is 1. The highest BCUT2D eigenvalue weighted by Crippen LogP contribution is 2.32. The molecule has 1 aliphatic rings. The molecule has 4 rings (SSSR count). The van der Waals surface area contributed by atoms with Crippen LogP contribution in [-0.4, -0.2) is 68.9 Å². The molecule has 1 N–H and O–H groups in total. The first-order valence-electron chi connectivity index (χ1n) is 8.72. The van der Waals surface area contributed by atoms with Crippen LogP contribution >= 0.6 is 0 Å². The van der Waals surface area contributed by atoms with Crippen molar-refractivity contribution < 1.29 is 18.3 Å². The second kappa shape index (κ2) is 6.71. The Balaban J connectivity index is 1.69. The van der Waals surface area contributed by atoms with Crippen LogP contribution < -0.4 is 0 Å². The van der Waals surface area contributed by atoms with Crippen molar-refractivity contribution in [2.45, 2.75) is 17.2 Å². The molecule has 0 spiro atoms. The monoisotopic (exact) mass is 414 g/mol. The molecule has 0 radical (unpaired) electrons. The zero-order valence-electron chi connectivity index (χ0n) is 15.7. The Morgan fingerprint density at radius 3 is 2.62 bits per heavy atom. The van der Waals surface area contributed by atoms with Crippen LogP contribution in [0.1, 0.15) is 12.0 Å². The van der Waals surface area contributed by atoms with Gasteiger partial charge in [0.25, 0.3) is 5.91 Å². The summed E-state index contributed by atoms with van der Waals surface area (Å²) in [5.41, 5.74) is -0.426. The standard InChI is InChI=1S/C18H18N6O4S/c1-23-9-7-18(26,16(23)25)12-10-20-24(11-12)15-5-3-4-13(21-15)14-6-8-19-17(22-14)29(2,27)28/h3-6,8,10-11,26H,7,9H2,1-2H3. The molecule has 4 heterocycles. The molecule has 0 aromatic carbocycles. The van der Waals surface area contributed by atoms with Crippen molar-refractivity contribution in [2.75, 3.05) is 19.8 Å². The number of carbonyl (C=O) groups excluding carboxylic acids is 1. The number of carbonyl (C=O) groups is 1. The summed E-state index contributed by atoms with van der Waals surface area (Å²) in [6.45, 7) is 0.463. The van der Waals surface area contributed by atoms with Gasteiger partial charge in [-0.15, -0.1) is 0 Å². The van der Waals surface area contributed by atoms with E-state index in [-0.39, 0.29) is 17.5 Å². The number of rotatable bonds is 4. The Bertz CT molecular complexity index is 1210. The average Bonchev–Trinajstić information content (AvgIpc) is 3.30. The predicted molar refractivity (Wildman–Crippen MR) is 102 cm³/mol. The molecule has 1 amide bonds. The minimum absolute atomic E-state index is 0.283. The van der Waals surface area contributed by atoms with E-state index in [1.807, 2.05) is 0 Å². The molecule has 1 unspecified atom stereocenters. The third kappa shape index (κ3) is 3.38. The maximum atomic E-state index is 12.3. The Morgan fingerprint density at radius 2 is 1.93 bits per heavy atom. The van der Waals surface area contributed by atoms with Crippen molar-refractivity contribution in [1.29, 1.82) is 0 Å². The molecule has 3 aromatic heterocycles. The number of likely N-dealkylation sites (N-methyl/N-ethyl adjacent to an activating group) is 1. The zero-order chi connectivity index (χ0) is 20.8. The highest BCUT2D eigenvalue weighted by atomic mass is 32.2. The van der Waals surface area contributed by atoms with E-state index in [1.54, 1.807) is 37.5 Å². The fourth-order valence-corrected chi connectivity index (χ4v) is 3.66. The number of hydrogen-bond acceptors (Lipinski definition) is 8. The molecule has 29 heavy (non-hydrogen) atoms. The number of likely N-dealkylation sites (tertiary alicyclic amines) is 1. The predicted octanol–water partition coefficient (Wildman–Crippen LogP) is 0.177. The fraction of sp³-hybridized carbons (Fsp3) is 0.278. The molecule has 1 aliphatic heterocycles. The molecule has 0 aliphatic carbocycles. The van der Waals surface area contributed by atoms with E-state index in [0.29, 0.717) is 29.3 Å². The Labute approximate surface area is 166 Å². The highest BCUT2D eigenvalue weighted by Gasteiger charge is 2.46. The van der Waals surface area contributed by atoms with Gasteiger partial charge < -0.3 is 10.0 Å². The second-order valence-electron chi connectivity index (χ2n) is 6.89. The van der Waals surface area contributed by atoms with E-state index in [2.05, 4.69) is 20.1 Å². The lowest BCUT2D eigenvalue weighted by Crippen LogP contribution is -2.35. The molecule has 3 aromatic rings. The normalized spacial score (nSPS) is 19.7. The Morgan fingerprint density at radius 1 is 1.17 bits per heavy atom. The van der Waals surface area contributed by atoms with Crippen LogP contribution in [0.3, 0.4) is 0 Å². The van der Waals surface area contributed by atoms with Gasteiger partial charge in [-0.3, -0.25) is 4.79 Å². The number of nitrogens with zero attached hydrogens (tertiary/aromatic N) is 6.